The fourth-order valence-corrected chi connectivity index (χ4v) is 3.66. The van der Waals surface area contributed by atoms with Crippen molar-refractivity contribution in [2.24, 2.45) is 0 Å². The Balaban J connectivity index is 0.00000144. The molecule has 0 aromatic carbocycles. The zero-order valence-corrected chi connectivity index (χ0v) is 13.5. The second-order valence-electron chi connectivity index (χ2n) is 5.39. The van der Waals surface area contributed by atoms with Crippen molar-refractivity contribution in [1.82, 2.24) is 19.9 Å². The Hall–Kier alpha value is -1.63. The molecule has 1 fully saturated rings. The van der Waals surface area contributed by atoms with Crippen molar-refractivity contribution in [2.45, 2.75) is 18.8 Å². The number of rotatable bonds is 2. The Morgan fingerprint density at radius 3 is 2.82 bits per heavy atom. The maximum Gasteiger partial charge on any atom is 0.251 e. The molecule has 0 unspecified atom stereocenters. The van der Waals surface area contributed by atoms with Gasteiger partial charge in [-0.3, -0.25) is 4.79 Å². The summed E-state index contributed by atoms with van der Waals surface area (Å²) in [5.74, 6) is 0.395. The number of aromatic amines is 1. The van der Waals surface area contributed by atoms with Crippen LogP contribution in [0, 0.1) is 0 Å². The van der Waals surface area contributed by atoms with Crippen molar-refractivity contribution < 1.29 is 0 Å². The van der Waals surface area contributed by atoms with Crippen LogP contribution in [0.1, 0.15) is 24.5 Å². The maximum absolute atomic E-state index is 11.9. The van der Waals surface area contributed by atoms with Gasteiger partial charge in [-0.2, -0.15) is 5.10 Å². The van der Waals surface area contributed by atoms with E-state index in [4.69, 9.17) is 5.10 Å². The summed E-state index contributed by atoms with van der Waals surface area (Å²) in [7, 11) is 0. The van der Waals surface area contributed by atoms with Gasteiger partial charge in [-0.1, -0.05) is 6.07 Å². The minimum absolute atomic E-state index is 0. The standard InChI is InChI=1S/C15H16N4OS.ClH/c20-15-9-12(10-3-5-16-6-4-10)19-14(17-15)8-11(18-19)13-2-1-7-21-13;/h1-2,7-10,16H,3-6H2,(H,17,20);1H. The van der Waals surface area contributed by atoms with Crippen molar-refractivity contribution in [1.29, 1.82) is 0 Å². The van der Waals surface area contributed by atoms with Gasteiger partial charge in [-0.05, 0) is 37.4 Å². The number of halogens is 1. The molecule has 3 aromatic rings. The summed E-state index contributed by atoms with van der Waals surface area (Å²) < 4.78 is 1.91. The lowest BCUT2D eigenvalue weighted by Gasteiger charge is -2.23. The normalized spacial score (nSPS) is 15.8. The van der Waals surface area contributed by atoms with Crippen LogP contribution in [-0.4, -0.2) is 27.7 Å². The first kappa shape index (κ1) is 15.3. The highest BCUT2D eigenvalue weighted by molar-refractivity contribution is 7.13. The second-order valence-corrected chi connectivity index (χ2v) is 6.33. The molecule has 0 aliphatic carbocycles. The van der Waals surface area contributed by atoms with E-state index in [1.165, 1.54) is 0 Å². The van der Waals surface area contributed by atoms with E-state index >= 15 is 0 Å². The van der Waals surface area contributed by atoms with Crippen molar-refractivity contribution in [3.63, 3.8) is 0 Å². The van der Waals surface area contributed by atoms with Crippen LogP contribution in [0.15, 0.2) is 34.4 Å². The minimum Gasteiger partial charge on any atom is -0.317 e. The van der Waals surface area contributed by atoms with Gasteiger partial charge in [0.25, 0.3) is 5.56 Å². The van der Waals surface area contributed by atoms with Crippen LogP contribution < -0.4 is 10.9 Å². The summed E-state index contributed by atoms with van der Waals surface area (Å²) in [6.07, 6.45) is 2.10. The van der Waals surface area contributed by atoms with Crippen LogP contribution in [0.25, 0.3) is 16.2 Å². The van der Waals surface area contributed by atoms with Gasteiger partial charge in [0.15, 0.2) is 0 Å². The Morgan fingerprint density at radius 2 is 2.09 bits per heavy atom. The largest absolute Gasteiger partial charge is 0.317 e. The lowest BCUT2D eigenvalue weighted by atomic mass is 9.94. The summed E-state index contributed by atoms with van der Waals surface area (Å²) in [4.78, 5) is 15.9. The Bertz CT molecular complexity index is 818. The van der Waals surface area contributed by atoms with Crippen molar-refractivity contribution >= 4 is 29.4 Å². The van der Waals surface area contributed by atoms with E-state index in [0.717, 1.165) is 47.8 Å². The number of hydrogen-bond acceptors (Lipinski definition) is 4. The van der Waals surface area contributed by atoms with Crippen LogP contribution in [0.3, 0.4) is 0 Å². The van der Waals surface area contributed by atoms with Gasteiger partial charge >= 0.3 is 0 Å². The first-order chi connectivity index (χ1) is 10.3. The van der Waals surface area contributed by atoms with E-state index in [1.807, 2.05) is 22.0 Å². The fourth-order valence-electron chi connectivity index (χ4n) is 2.98. The molecule has 22 heavy (non-hydrogen) atoms. The zero-order chi connectivity index (χ0) is 14.2. The van der Waals surface area contributed by atoms with Crippen molar-refractivity contribution in [3.05, 3.63) is 45.7 Å². The quantitative estimate of drug-likeness (QED) is 0.756. The fraction of sp³-hybridized carbons (Fsp3) is 0.333. The van der Waals surface area contributed by atoms with Gasteiger partial charge in [0.1, 0.15) is 11.3 Å². The van der Waals surface area contributed by atoms with Crippen LogP contribution in [0.5, 0.6) is 0 Å². The van der Waals surface area contributed by atoms with Crippen LogP contribution in [0.2, 0.25) is 0 Å². The Morgan fingerprint density at radius 1 is 1.27 bits per heavy atom. The molecule has 0 spiro atoms. The second kappa shape index (κ2) is 6.24. The number of nitrogens with one attached hydrogen (secondary N) is 2. The monoisotopic (exact) mass is 336 g/mol. The highest BCUT2D eigenvalue weighted by atomic mass is 35.5. The zero-order valence-electron chi connectivity index (χ0n) is 11.9. The molecule has 1 saturated heterocycles. The number of hydrogen-bond donors (Lipinski definition) is 2. The van der Waals surface area contributed by atoms with E-state index in [1.54, 1.807) is 17.4 Å². The molecule has 2 N–H and O–H groups in total. The van der Waals surface area contributed by atoms with Gasteiger partial charge in [-0.15, -0.1) is 23.7 Å². The van der Waals surface area contributed by atoms with Crippen LogP contribution in [0.4, 0.5) is 0 Å². The molecule has 4 heterocycles. The van der Waals surface area contributed by atoms with E-state index in [0.29, 0.717) is 5.92 Å². The SMILES string of the molecule is Cl.O=c1cc(C2CCNCC2)n2nc(-c3cccs3)cc2[nH]1. The lowest BCUT2D eigenvalue weighted by Crippen LogP contribution is -2.28. The first-order valence-electron chi connectivity index (χ1n) is 7.19. The van der Waals surface area contributed by atoms with E-state index in [-0.39, 0.29) is 18.0 Å². The van der Waals surface area contributed by atoms with Crippen molar-refractivity contribution in [3.8, 4) is 10.6 Å². The van der Waals surface area contributed by atoms with Gasteiger partial charge in [-0.25, -0.2) is 4.52 Å². The highest BCUT2D eigenvalue weighted by Gasteiger charge is 2.20. The molecule has 1 aliphatic rings. The highest BCUT2D eigenvalue weighted by Crippen LogP contribution is 2.27. The number of H-pyrrole nitrogens is 1. The maximum atomic E-state index is 11.9. The summed E-state index contributed by atoms with van der Waals surface area (Å²) in [6.45, 7) is 2.00. The molecule has 0 radical (unpaired) electrons. The van der Waals surface area contributed by atoms with E-state index in [9.17, 15) is 4.79 Å². The molecule has 0 amide bonds. The summed E-state index contributed by atoms with van der Waals surface area (Å²) in [5.41, 5.74) is 2.67. The molecule has 0 bridgehead atoms. The van der Waals surface area contributed by atoms with Crippen LogP contribution in [-0.2, 0) is 0 Å². The molecule has 4 rings (SSSR count). The average Bonchev–Trinajstić information content (AvgIpc) is 3.16. The van der Waals surface area contributed by atoms with E-state index < -0.39 is 0 Å². The van der Waals surface area contributed by atoms with Crippen LogP contribution >= 0.6 is 23.7 Å². The first-order valence-corrected chi connectivity index (χ1v) is 8.07. The molecule has 7 heteroatoms. The smallest absolute Gasteiger partial charge is 0.251 e. The molecular weight excluding hydrogens is 320 g/mol. The predicted octanol–water partition coefficient (Wildman–Crippen LogP) is 2.64. The number of nitrogens with zero attached hydrogens (tertiary/aromatic N) is 2. The lowest BCUT2D eigenvalue weighted by molar-refractivity contribution is 0.446. The third kappa shape index (κ3) is 2.69. The number of piperidine rings is 1. The van der Waals surface area contributed by atoms with Gasteiger partial charge in [0, 0.05) is 18.1 Å². The molecule has 0 saturated carbocycles. The topological polar surface area (TPSA) is 62.2 Å². The molecule has 3 aromatic heterocycles. The summed E-state index contributed by atoms with van der Waals surface area (Å²) in [5, 5.41) is 10.1. The summed E-state index contributed by atoms with van der Waals surface area (Å²) >= 11 is 1.66. The molecule has 116 valence electrons. The van der Waals surface area contributed by atoms with Crippen molar-refractivity contribution in [2.75, 3.05) is 13.1 Å². The number of thiophene rings is 1. The van der Waals surface area contributed by atoms with E-state index in [2.05, 4.69) is 16.4 Å². The third-order valence-corrected chi connectivity index (χ3v) is 4.91. The Labute approximate surface area is 137 Å². The number of aromatic nitrogens is 3. The molecule has 0 atom stereocenters. The average molecular weight is 337 g/mol. The predicted molar refractivity (Wildman–Crippen MR) is 91.2 cm³/mol. The Kier molecular flexibility index (Phi) is 4.33. The molecule has 5 nitrogen and oxygen atoms in total. The van der Waals surface area contributed by atoms with Gasteiger partial charge in [0.2, 0.25) is 0 Å². The van der Waals surface area contributed by atoms with Gasteiger partial charge < -0.3 is 10.3 Å². The number of fused-ring (bicyclic) bond motifs is 1. The minimum atomic E-state index is -0.0475. The molecule has 1 aliphatic heterocycles. The third-order valence-electron chi connectivity index (χ3n) is 4.02. The summed E-state index contributed by atoms with van der Waals surface area (Å²) in [6, 6.07) is 7.72. The van der Waals surface area contributed by atoms with Gasteiger partial charge in [0.05, 0.1) is 10.6 Å². The molecular formula is C15H17ClN4OS.